The summed E-state index contributed by atoms with van der Waals surface area (Å²) in [7, 11) is 0. The lowest BCUT2D eigenvalue weighted by Gasteiger charge is -2.43. The number of halogens is 1. The molecule has 7 nitrogen and oxygen atoms in total. The van der Waals surface area contributed by atoms with Gasteiger partial charge in [0.05, 0.1) is 31.8 Å². The number of aliphatic carboxylic acids is 1. The Hall–Kier alpha value is -2.97. The molecule has 1 amide bonds. The molecule has 0 radical (unpaired) electrons. The van der Waals surface area contributed by atoms with Crippen LogP contribution in [0.3, 0.4) is 0 Å². The number of ether oxygens (including phenoxy) is 2. The van der Waals surface area contributed by atoms with Crippen LogP contribution in [-0.2, 0) is 20.7 Å². The number of nitrogens with one attached hydrogen (secondary N) is 1. The Morgan fingerprint density at radius 3 is 2.52 bits per heavy atom. The van der Waals surface area contributed by atoms with Crippen LogP contribution in [0.5, 0.6) is 5.75 Å². The third kappa shape index (κ3) is 6.52. The largest absolute Gasteiger partial charge is 0.493 e. The van der Waals surface area contributed by atoms with Crippen LogP contribution in [0.15, 0.2) is 42.5 Å². The highest BCUT2D eigenvalue weighted by Crippen LogP contribution is 2.46. The lowest BCUT2D eigenvalue weighted by atomic mass is 9.80. The van der Waals surface area contributed by atoms with E-state index < -0.39 is 23.7 Å². The fourth-order valence-corrected chi connectivity index (χ4v) is 4.28. The molecule has 33 heavy (non-hydrogen) atoms. The molecule has 8 heteroatoms. The number of carbonyl (C=O) groups is 2. The van der Waals surface area contributed by atoms with E-state index in [1.54, 1.807) is 30.3 Å². The van der Waals surface area contributed by atoms with Gasteiger partial charge in [0, 0.05) is 30.4 Å². The Bertz CT molecular complexity index is 979. The molecule has 1 aliphatic heterocycles. The van der Waals surface area contributed by atoms with Crippen molar-refractivity contribution in [2.75, 3.05) is 13.2 Å². The van der Waals surface area contributed by atoms with Crippen molar-refractivity contribution in [3.05, 3.63) is 65.0 Å². The number of carboxylic acid groups (broad SMARTS) is 1. The Morgan fingerprint density at radius 1 is 1.18 bits per heavy atom. The van der Waals surface area contributed by atoms with E-state index in [0.29, 0.717) is 36.3 Å². The molecule has 3 atom stereocenters. The summed E-state index contributed by atoms with van der Waals surface area (Å²) < 4.78 is 25.7. The molecule has 2 aromatic rings. The summed E-state index contributed by atoms with van der Waals surface area (Å²) in [6.45, 7) is 3.94. The maximum atomic E-state index is 13.5. The second-order valence-corrected chi connectivity index (χ2v) is 8.53. The van der Waals surface area contributed by atoms with Crippen LogP contribution in [-0.4, -0.2) is 40.8 Å². The maximum absolute atomic E-state index is 13.5. The lowest BCUT2D eigenvalue weighted by molar-refractivity contribution is -0.136. The third-order valence-corrected chi connectivity index (χ3v) is 5.70. The fraction of sp³-hybridized carbons (Fsp3) is 0.440. The standard InChI is InChI=1S/C25H30FNO6/c1-3-32-20-9-4-16(13-24(30)31)12-19(20)22-15-25(2,27-23(29)10-11-28)14-21(33-22)17-5-7-18(26)8-6-17/h4-9,12,21-22,28H,3,10-11,13-15H2,1-2H3,(H,27,29)(H,30,31)/t21-,22+,25-/m0/s1. The van der Waals surface area contributed by atoms with Gasteiger partial charge in [-0.15, -0.1) is 0 Å². The lowest BCUT2D eigenvalue weighted by Crippen LogP contribution is -2.51. The van der Waals surface area contributed by atoms with Crippen molar-refractivity contribution >= 4 is 11.9 Å². The van der Waals surface area contributed by atoms with Crippen molar-refractivity contribution in [2.24, 2.45) is 0 Å². The Morgan fingerprint density at radius 2 is 1.88 bits per heavy atom. The van der Waals surface area contributed by atoms with E-state index in [2.05, 4.69) is 5.32 Å². The molecular formula is C25H30FNO6. The summed E-state index contributed by atoms with van der Waals surface area (Å²) in [4.78, 5) is 23.6. The minimum absolute atomic E-state index is 0.0133. The quantitative estimate of drug-likeness (QED) is 0.528. The van der Waals surface area contributed by atoms with E-state index in [9.17, 15) is 19.1 Å². The van der Waals surface area contributed by atoms with Crippen molar-refractivity contribution in [1.29, 1.82) is 0 Å². The van der Waals surface area contributed by atoms with Gasteiger partial charge in [-0.1, -0.05) is 18.2 Å². The van der Waals surface area contributed by atoms with Gasteiger partial charge in [0.2, 0.25) is 5.91 Å². The number of benzene rings is 2. The van der Waals surface area contributed by atoms with E-state index in [0.717, 1.165) is 5.56 Å². The average molecular weight is 460 g/mol. The monoisotopic (exact) mass is 459 g/mol. The van der Waals surface area contributed by atoms with Gasteiger partial charge < -0.3 is 25.0 Å². The normalized spacial score (nSPS) is 22.5. The number of aliphatic hydroxyl groups is 1. The second kappa shape index (κ2) is 10.8. The molecule has 2 aromatic carbocycles. The summed E-state index contributed by atoms with van der Waals surface area (Å²) in [5.74, 6) is -0.992. The van der Waals surface area contributed by atoms with E-state index in [-0.39, 0.29) is 31.2 Å². The van der Waals surface area contributed by atoms with Crippen LogP contribution in [0.1, 0.15) is 62.0 Å². The molecule has 0 unspecified atom stereocenters. The zero-order valence-electron chi connectivity index (χ0n) is 18.8. The first-order valence-corrected chi connectivity index (χ1v) is 11.0. The minimum Gasteiger partial charge on any atom is -0.493 e. The topological polar surface area (TPSA) is 105 Å². The maximum Gasteiger partial charge on any atom is 0.307 e. The first-order valence-electron chi connectivity index (χ1n) is 11.0. The fourth-order valence-electron chi connectivity index (χ4n) is 4.28. The van der Waals surface area contributed by atoms with Crippen LogP contribution in [0.25, 0.3) is 0 Å². The van der Waals surface area contributed by atoms with Crippen LogP contribution in [0.4, 0.5) is 4.39 Å². The minimum atomic E-state index is -0.944. The number of hydrogen-bond acceptors (Lipinski definition) is 5. The summed E-state index contributed by atoms with van der Waals surface area (Å²) in [5.41, 5.74) is 1.40. The predicted molar refractivity (Wildman–Crippen MR) is 119 cm³/mol. The van der Waals surface area contributed by atoms with Crippen molar-refractivity contribution in [2.45, 2.75) is 57.3 Å². The van der Waals surface area contributed by atoms with Gasteiger partial charge in [0.1, 0.15) is 11.6 Å². The molecule has 178 valence electrons. The van der Waals surface area contributed by atoms with Crippen molar-refractivity contribution < 1.29 is 33.7 Å². The zero-order chi connectivity index (χ0) is 24.0. The third-order valence-electron chi connectivity index (χ3n) is 5.70. The van der Waals surface area contributed by atoms with Gasteiger partial charge in [-0.25, -0.2) is 4.39 Å². The molecule has 1 saturated heterocycles. The van der Waals surface area contributed by atoms with Crippen molar-refractivity contribution in [1.82, 2.24) is 5.32 Å². The highest BCUT2D eigenvalue weighted by atomic mass is 19.1. The average Bonchev–Trinajstić information content (AvgIpc) is 2.74. The Kier molecular flexibility index (Phi) is 8.05. The van der Waals surface area contributed by atoms with Gasteiger partial charge >= 0.3 is 5.97 Å². The highest BCUT2D eigenvalue weighted by molar-refractivity contribution is 5.76. The smallest absolute Gasteiger partial charge is 0.307 e. The van der Waals surface area contributed by atoms with E-state index >= 15 is 0 Å². The first kappa shape index (κ1) is 24.7. The SMILES string of the molecule is CCOc1ccc(CC(=O)O)cc1[C@H]1C[C@@](C)(NC(=O)CCO)C[C@@H](c2ccc(F)cc2)O1. The summed E-state index contributed by atoms with van der Waals surface area (Å²) in [5, 5.41) is 21.4. The predicted octanol–water partition coefficient (Wildman–Crippen LogP) is 3.70. The number of rotatable bonds is 9. The molecule has 3 rings (SSSR count). The molecule has 1 aliphatic rings. The summed E-state index contributed by atoms with van der Waals surface area (Å²) in [6.07, 6.45) is -0.243. The molecule has 0 aliphatic carbocycles. The molecule has 0 spiro atoms. The van der Waals surface area contributed by atoms with Crippen LogP contribution >= 0.6 is 0 Å². The van der Waals surface area contributed by atoms with Crippen molar-refractivity contribution in [3.63, 3.8) is 0 Å². The van der Waals surface area contributed by atoms with Gasteiger partial charge in [0.25, 0.3) is 0 Å². The number of hydrogen-bond donors (Lipinski definition) is 3. The molecule has 0 saturated carbocycles. The molecule has 1 fully saturated rings. The summed E-state index contributed by atoms with van der Waals surface area (Å²) >= 11 is 0. The van der Waals surface area contributed by atoms with E-state index in [1.807, 2.05) is 13.8 Å². The molecule has 1 heterocycles. The van der Waals surface area contributed by atoms with Crippen LogP contribution < -0.4 is 10.1 Å². The highest BCUT2D eigenvalue weighted by Gasteiger charge is 2.41. The molecule has 0 aromatic heterocycles. The number of amides is 1. The van der Waals surface area contributed by atoms with Gasteiger partial charge in [-0.05, 0) is 49.2 Å². The van der Waals surface area contributed by atoms with Crippen molar-refractivity contribution in [3.8, 4) is 5.75 Å². The summed E-state index contributed by atoms with van der Waals surface area (Å²) in [6, 6.07) is 11.3. The van der Waals surface area contributed by atoms with Crippen LogP contribution in [0.2, 0.25) is 0 Å². The zero-order valence-corrected chi connectivity index (χ0v) is 18.8. The van der Waals surface area contributed by atoms with E-state index in [1.165, 1.54) is 12.1 Å². The number of aliphatic hydroxyl groups excluding tert-OH is 1. The van der Waals surface area contributed by atoms with Gasteiger partial charge in [-0.2, -0.15) is 0 Å². The Balaban J connectivity index is 2.00. The number of carbonyl (C=O) groups excluding carboxylic acids is 1. The van der Waals surface area contributed by atoms with E-state index in [4.69, 9.17) is 14.6 Å². The Labute approximate surface area is 192 Å². The van der Waals surface area contributed by atoms with Gasteiger partial charge in [-0.3, -0.25) is 9.59 Å². The number of carboxylic acids is 1. The molecule has 0 bridgehead atoms. The second-order valence-electron chi connectivity index (χ2n) is 8.53. The molecular weight excluding hydrogens is 429 g/mol. The molecule has 3 N–H and O–H groups in total. The first-order chi connectivity index (χ1) is 15.7. The van der Waals surface area contributed by atoms with Crippen LogP contribution in [0, 0.1) is 5.82 Å². The van der Waals surface area contributed by atoms with Gasteiger partial charge in [0.15, 0.2) is 0 Å².